The minimum Gasteiger partial charge on any atom is -0.463 e. The van der Waals surface area contributed by atoms with Crippen LogP contribution in [0.25, 0.3) is 0 Å². The second kappa shape index (κ2) is 7.16. The molecule has 0 saturated carbocycles. The van der Waals surface area contributed by atoms with Gasteiger partial charge < -0.3 is 14.8 Å². The molecule has 7 nitrogen and oxygen atoms in total. The highest BCUT2D eigenvalue weighted by molar-refractivity contribution is 6.64. The Morgan fingerprint density at radius 3 is 2.96 bits per heavy atom. The van der Waals surface area contributed by atoms with E-state index in [0.717, 1.165) is 18.4 Å². The summed E-state index contributed by atoms with van der Waals surface area (Å²) >= 11 is 0. The molecule has 0 radical (unpaired) electrons. The van der Waals surface area contributed by atoms with Crippen molar-refractivity contribution in [3.05, 3.63) is 35.1 Å². The van der Waals surface area contributed by atoms with Gasteiger partial charge in [0, 0.05) is 6.04 Å². The van der Waals surface area contributed by atoms with Crippen molar-refractivity contribution in [1.82, 2.24) is 10.2 Å². The largest absolute Gasteiger partial charge is 0.463 e. The minimum absolute atomic E-state index is 0.128. The van der Waals surface area contributed by atoms with Crippen LogP contribution in [-0.2, 0) is 19.1 Å². The predicted octanol–water partition coefficient (Wildman–Crippen LogP) is 2.11. The summed E-state index contributed by atoms with van der Waals surface area (Å²) in [6.45, 7) is 5.73. The number of hydrogen-bond donors (Lipinski definition) is 1. The molecule has 8 heteroatoms. The summed E-state index contributed by atoms with van der Waals surface area (Å²) in [5.74, 6) is -1.08. The number of carbonyl (C=O) groups is 2. The molecule has 0 aromatic carbocycles. The number of rotatable bonds is 3. The Kier molecular flexibility index (Phi) is 4.82. The summed E-state index contributed by atoms with van der Waals surface area (Å²) < 4.78 is 26.1. The third kappa shape index (κ3) is 2.87. The molecule has 1 N–H and O–H groups in total. The number of halogens is 1. The van der Waals surface area contributed by atoms with Crippen molar-refractivity contribution in [3.8, 4) is 0 Å². The van der Waals surface area contributed by atoms with Crippen LogP contribution in [0.5, 0.6) is 0 Å². The Hall–Kier alpha value is -2.48. The van der Waals surface area contributed by atoms with Gasteiger partial charge in [-0.3, -0.25) is 14.7 Å². The quantitative estimate of drug-likeness (QED) is 0.591. The van der Waals surface area contributed by atoms with Gasteiger partial charge in [-0.15, -0.1) is 0 Å². The van der Waals surface area contributed by atoms with Crippen LogP contribution >= 0.6 is 0 Å². The van der Waals surface area contributed by atoms with Gasteiger partial charge in [0.05, 0.1) is 24.4 Å². The lowest BCUT2D eigenvalue weighted by Crippen LogP contribution is -2.53. The Labute approximate surface area is 163 Å². The monoisotopic (exact) mass is 389 g/mol. The van der Waals surface area contributed by atoms with Gasteiger partial charge in [-0.25, -0.2) is 9.18 Å². The van der Waals surface area contributed by atoms with Crippen LogP contribution in [0.4, 0.5) is 4.39 Å². The molecule has 28 heavy (non-hydrogen) atoms. The molecule has 3 heterocycles. The zero-order valence-electron chi connectivity index (χ0n) is 16.2. The van der Waals surface area contributed by atoms with Crippen LogP contribution in [0.15, 0.2) is 40.1 Å². The summed E-state index contributed by atoms with van der Waals surface area (Å²) in [4.78, 5) is 30.9. The second-order valence-corrected chi connectivity index (χ2v) is 7.36. The van der Waals surface area contributed by atoms with E-state index in [1.807, 2.05) is 6.92 Å². The lowest BCUT2D eigenvalue weighted by Gasteiger charge is -2.43. The van der Waals surface area contributed by atoms with Crippen LogP contribution in [0.2, 0.25) is 0 Å². The summed E-state index contributed by atoms with van der Waals surface area (Å²) in [5, 5.41) is 3.42. The number of hydrogen-bond acceptors (Lipinski definition) is 6. The Bertz CT molecular complexity index is 844. The van der Waals surface area contributed by atoms with Gasteiger partial charge in [-0.1, -0.05) is 6.92 Å². The highest BCUT2D eigenvalue weighted by atomic mass is 19.1. The molecule has 0 aromatic heterocycles. The first-order chi connectivity index (χ1) is 13.5. The molecule has 0 bridgehead atoms. The molecule has 1 aliphatic carbocycles. The highest BCUT2D eigenvalue weighted by Crippen LogP contribution is 2.41. The maximum absolute atomic E-state index is 15.2. The van der Waals surface area contributed by atoms with E-state index in [9.17, 15) is 9.59 Å². The second-order valence-electron chi connectivity index (χ2n) is 7.36. The fourth-order valence-corrected chi connectivity index (χ4v) is 4.13. The number of ether oxygens (including phenoxy) is 2. The zero-order chi connectivity index (χ0) is 20.0. The normalized spacial score (nSPS) is 31.6. The number of alkyl halides is 1. The minimum atomic E-state index is -1.50. The van der Waals surface area contributed by atoms with Gasteiger partial charge in [0.1, 0.15) is 17.7 Å². The van der Waals surface area contributed by atoms with Crippen LogP contribution in [0, 0.1) is 0 Å². The van der Waals surface area contributed by atoms with E-state index < -0.39 is 24.1 Å². The topological polar surface area (TPSA) is 80.2 Å². The number of esters is 1. The number of piperidine rings is 1. The van der Waals surface area contributed by atoms with Gasteiger partial charge in [0.15, 0.2) is 6.17 Å². The number of aliphatic imine (C=N–C) groups is 1. The molecule has 1 saturated heterocycles. The van der Waals surface area contributed by atoms with Crippen LogP contribution in [0.3, 0.4) is 0 Å². The molecular weight excluding hydrogens is 365 g/mol. The first-order valence-corrected chi connectivity index (χ1v) is 9.77. The average Bonchev–Trinajstić information content (AvgIpc) is 2.68. The maximum atomic E-state index is 15.2. The molecule has 1 fully saturated rings. The van der Waals surface area contributed by atoms with Gasteiger partial charge >= 0.3 is 5.97 Å². The van der Waals surface area contributed by atoms with Crippen molar-refractivity contribution in [2.75, 3.05) is 6.61 Å². The fourth-order valence-electron chi connectivity index (χ4n) is 4.13. The number of fused-ring (bicyclic) bond motifs is 4. The highest BCUT2D eigenvalue weighted by Gasteiger charge is 2.47. The Balaban J connectivity index is 1.77. The van der Waals surface area contributed by atoms with Crippen molar-refractivity contribution in [2.45, 2.75) is 64.3 Å². The van der Waals surface area contributed by atoms with E-state index in [1.165, 1.54) is 11.2 Å². The maximum Gasteiger partial charge on any atom is 0.362 e. The average molecular weight is 389 g/mol. The predicted molar refractivity (Wildman–Crippen MR) is 99.8 cm³/mol. The van der Waals surface area contributed by atoms with Gasteiger partial charge in [-0.05, 0) is 44.8 Å². The first kappa shape index (κ1) is 18.9. The van der Waals surface area contributed by atoms with Crippen molar-refractivity contribution in [3.63, 3.8) is 0 Å². The smallest absolute Gasteiger partial charge is 0.362 e. The molecule has 4 unspecified atom stereocenters. The number of nitrogens with one attached hydrogen (secondary N) is 1. The molecule has 0 spiro atoms. The van der Waals surface area contributed by atoms with E-state index >= 15 is 4.39 Å². The summed E-state index contributed by atoms with van der Waals surface area (Å²) in [6, 6.07) is -0.513. The molecule has 1 amide bonds. The summed E-state index contributed by atoms with van der Waals surface area (Å²) in [6.07, 6.45) is 3.74. The van der Waals surface area contributed by atoms with Crippen molar-refractivity contribution in [2.24, 2.45) is 4.99 Å². The van der Waals surface area contributed by atoms with E-state index in [-0.39, 0.29) is 30.1 Å². The molecule has 0 aromatic rings. The van der Waals surface area contributed by atoms with E-state index in [1.54, 1.807) is 13.0 Å². The van der Waals surface area contributed by atoms with Gasteiger partial charge in [0.25, 0.3) is 5.91 Å². The number of nitrogens with zero attached hydrogens (tertiary/aromatic N) is 2. The van der Waals surface area contributed by atoms with Crippen LogP contribution < -0.4 is 5.32 Å². The molecule has 4 aliphatic rings. The number of allylic oxidation sites excluding steroid dienone is 1. The third-order valence-electron chi connectivity index (χ3n) is 5.52. The molecular formula is C20H24FN3O4. The lowest BCUT2D eigenvalue weighted by atomic mass is 9.85. The number of carbonyl (C=O) groups excluding carboxylic acids is 2. The van der Waals surface area contributed by atoms with Crippen LogP contribution in [-0.4, -0.2) is 53.4 Å². The van der Waals surface area contributed by atoms with E-state index in [0.29, 0.717) is 17.9 Å². The Morgan fingerprint density at radius 1 is 1.46 bits per heavy atom. The molecule has 150 valence electrons. The summed E-state index contributed by atoms with van der Waals surface area (Å²) in [7, 11) is 0. The summed E-state index contributed by atoms with van der Waals surface area (Å²) in [5.41, 5.74) is 1.21. The van der Waals surface area contributed by atoms with Crippen molar-refractivity contribution < 1.29 is 23.5 Å². The first-order valence-electron chi connectivity index (χ1n) is 9.77. The third-order valence-corrected chi connectivity index (χ3v) is 5.52. The van der Waals surface area contributed by atoms with Gasteiger partial charge in [0.2, 0.25) is 5.71 Å². The van der Waals surface area contributed by atoms with Crippen molar-refractivity contribution in [1.29, 1.82) is 0 Å². The molecule has 3 aliphatic heterocycles. The fraction of sp³-hybridized carbons (Fsp3) is 0.550. The van der Waals surface area contributed by atoms with E-state index in [4.69, 9.17) is 9.47 Å². The number of amides is 1. The lowest BCUT2D eigenvalue weighted by molar-refractivity contribution is -0.136. The zero-order valence-corrected chi connectivity index (χ0v) is 16.2. The van der Waals surface area contributed by atoms with E-state index in [2.05, 4.69) is 17.2 Å². The molecule has 4 atom stereocenters. The van der Waals surface area contributed by atoms with Crippen LogP contribution in [0.1, 0.15) is 40.0 Å². The van der Waals surface area contributed by atoms with Gasteiger partial charge in [-0.2, -0.15) is 0 Å². The standard InChI is InChI=1S/C20H24FN3O4/c1-4-13-14-9-28-18-15-11(7-6-10(3)22-15)8-12(21)17(18)24(14)19(25)16(23-13)20(26)27-5-2/h8-10,12-13,15,22H,4-7H2,1-3H3. The van der Waals surface area contributed by atoms with Crippen molar-refractivity contribution >= 4 is 17.6 Å². The SMILES string of the molecule is CCOC(=O)C1=NC(CC)C2=COC3=C(C(F)C=C4CCC(C)NC43)N2C1=O. The molecule has 4 rings (SSSR count). The Morgan fingerprint density at radius 2 is 2.25 bits per heavy atom.